The summed E-state index contributed by atoms with van der Waals surface area (Å²) in [5, 5.41) is 24.9. The second-order valence-electron chi connectivity index (χ2n) is 3.67. The average Bonchev–Trinajstić information content (AvgIpc) is 2.23. The zero-order chi connectivity index (χ0) is 15.4. The molecule has 0 aromatic rings. The van der Waals surface area contributed by atoms with Crippen molar-refractivity contribution in [2.75, 3.05) is 13.2 Å². The molecule has 1 atom stereocenters. The normalized spacial score (nSPS) is 10.7. The lowest BCUT2D eigenvalue weighted by Crippen LogP contribution is -2.22. The topological polar surface area (TPSA) is 138 Å². The van der Waals surface area contributed by atoms with Gasteiger partial charge in [0.05, 0.1) is 6.61 Å². The van der Waals surface area contributed by atoms with Crippen LogP contribution in [0.2, 0.25) is 0 Å². The number of ether oxygens (including phenoxy) is 1. The van der Waals surface area contributed by atoms with E-state index in [0.717, 1.165) is 0 Å². The van der Waals surface area contributed by atoms with Crippen LogP contribution in [0.15, 0.2) is 0 Å². The van der Waals surface area contributed by atoms with Crippen LogP contribution in [0.4, 0.5) is 0 Å². The number of carbonyl (C=O) groups is 4. The van der Waals surface area contributed by atoms with Crippen LogP contribution in [0.25, 0.3) is 0 Å². The van der Waals surface area contributed by atoms with E-state index in [1.807, 2.05) is 0 Å². The van der Waals surface area contributed by atoms with E-state index in [4.69, 9.17) is 15.3 Å². The summed E-state index contributed by atoms with van der Waals surface area (Å²) in [5.74, 6) is -2.35. The molecule has 0 saturated carbocycles. The number of carboxylic acid groups (broad SMARTS) is 1. The Bertz CT molecular complexity index is 311. The maximum atomic E-state index is 10.6. The number of aliphatic hydroxyl groups excluding tert-OH is 2. The zero-order valence-corrected chi connectivity index (χ0v) is 10.8. The first kappa shape index (κ1) is 19.5. The number of aliphatic carboxylic acids is 1. The molecule has 1 unspecified atom stereocenters. The van der Waals surface area contributed by atoms with Crippen molar-refractivity contribution in [2.45, 2.75) is 32.8 Å². The van der Waals surface area contributed by atoms with E-state index in [-0.39, 0.29) is 31.0 Å². The Balaban J connectivity index is 0. The molecule has 0 heterocycles. The van der Waals surface area contributed by atoms with Gasteiger partial charge < -0.3 is 20.1 Å². The average molecular weight is 278 g/mol. The molecule has 19 heavy (non-hydrogen) atoms. The maximum Gasteiger partial charge on any atom is 0.313 e. The minimum Gasteiger partial charge on any atom is -0.481 e. The fourth-order valence-corrected chi connectivity index (χ4v) is 0.709. The Kier molecular flexibility index (Phi) is 11.6. The lowest BCUT2D eigenvalue weighted by Gasteiger charge is -2.06. The molecule has 110 valence electrons. The lowest BCUT2D eigenvalue weighted by atomic mass is 10.3. The highest BCUT2D eigenvalue weighted by Gasteiger charge is 2.09. The van der Waals surface area contributed by atoms with E-state index in [1.165, 1.54) is 13.8 Å². The van der Waals surface area contributed by atoms with Gasteiger partial charge in [-0.25, -0.2) is 0 Å². The molecule has 0 radical (unpaired) electrons. The van der Waals surface area contributed by atoms with Gasteiger partial charge in [-0.05, 0) is 13.8 Å². The van der Waals surface area contributed by atoms with E-state index < -0.39 is 24.6 Å². The van der Waals surface area contributed by atoms with Crippen molar-refractivity contribution >= 4 is 23.5 Å². The molecule has 0 aliphatic carbocycles. The van der Waals surface area contributed by atoms with Gasteiger partial charge in [0.1, 0.15) is 37.1 Å². The smallest absolute Gasteiger partial charge is 0.313 e. The van der Waals surface area contributed by atoms with Crippen LogP contribution in [-0.2, 0) is 23.9 Å². The number of hydrogen-bond acceptors (Lipinski definition) is 7. The van der Waals surface area contributed by atoms with Crippen LogP contribution >= 0.6 is 0 Å². The molecule has 0 rings (SSSR count). The van der Waals surface area contributed by atoms with Gasteiger partial charge in [-0.2, -0.15) is 0 Å². The van der Waals surface area contributed by atoms with E-state index in [1.54, 1.807) is 0 Å². The first-order valence-corrected chi connectivity index (χ1v) is 5.34. The van der Waals surface area contributed by atoms with Gasteiger partial charge in [-0.15, -0.1) is 0 Å². The van der Waals surface area contributed by atoms with Crippen molar-refractivity contribution in [3.63, 3.8) is 0 Å². The highest BCUT2D eigenvalue weighted by molar-refractivity contribution is 5.94. The summed E-state index contributed by atoms with van der Waals surface area (Å²) >= 11 is 0. The molecule has 0 fully saturated rings. The second-order valence-corrected chi connectivity index (χ2v) is 3.67. The maximum absolute atomic E-state index is 10.6. The van der Waals surface area contributed by atoms with Crippen molar-refractivity contribution in [1.29, 1.82) is 0 Å². The van der Waals surface area contributed by atoms with Crippen LogP contribution in [-0.4, -0.2) is 58.1 Å². The van der Waals surface area contributed by atoms with Crippen molar-refractivity contribution in [3.05, 3.63) is 0 Å². The lowest BCUT2D eigenvalue weighted by molar-refractivity contribution is -0.149. The molecule has 0 aliphatic heterocycles. The molecule has 0 saturated heterocycles. The third kappa shape index (κ3) is 18.7. The second kappa shape index (κ2) is 11.3. The summed E-state index contributed by atoms with van der Waals surface area (Å²) in [6.45, 7) is 1.77. The molecule has 0 spiro atoms. The minimum atomic E-state index is -1.07. The van der Waals surface area contributed by atoms with Crippen molar-refractivity contribution in [2.24, 2.45) is 0 Å². The molecule has 0 bridgehead atoms. The van der Waals surface area contributed by atoms with Crippen LogP contribution in [0.3, 0.4) is 0 Å². The van der Waals surface area contributed by atoms with Crippen LogP contribution in [0.1, 0.15) is 26.7 Å². The molecule has 0 amide bonds. The van der Waals surface area contributed by atoms with Gasteiger partial charge in [-0.3, -0.25) is 19.2 Å². The largest absolute Gasteiger partial charge is 0.481 e. The third-order valence-electron chi connectivity index (χ3n) is 1.44. The number of carboxylic acids is 1. The number of ketones is 2. The van der Waals surface area contributed by atoms with Gasteiger partial charge in [-0.1, -0.05) is 0 Å². The van der Waals surface area contributed by atoms with Crippen molar-refractivity contribution in [3.8, 4) is 0 Å². The zero-order valence-electron chi connectivity index (χ0n) is 10.8. The first-order valence-electron chi connectivity index (χ1n) is 5.34. The fourth-order valence-electron chi connectivity index (χ4n) is 0.709. The highest BCUT2D eigenvalue weighted by Crippen LogP contribution is 1.90. The molecule has 0 aromatic carbocycles. The summed E-state index contributed by atoms with van der Waals surface area (Å²) in [5.41, 5.74) is 0. The standard InChI is InChI=1S/C7H12O5.C4H6O3/c1-5(9)2-7(11)12-4-6(10)3-8;1-3(5)2-4(6)7/h6,8,10H,2-4H2,1H3;2H2,1H3,(H,6,7). The third-order valence-corrected chi connectivity index (χ3v) is 1.44. The van der Waals surface area contributed by atoms with E-state index in [9.17, 15) is 19.2 Å². The molecule has 8 nitrogen and oxygen atoms in total. The van der Waals surface area contributed by atoms with Crippen molar-refractivity contribution in [1.82, 2.24) is 0 Å². The summed E-state index contributed by atoms with van der Waals surface area (Å²) in [4.78, 5) is 40.5. The van der Waals surface area contributed by atoms with Gasteiger partial charge in [0.25, 0.3) is 0 Å². The Morgan fingerprint density at radius 2 is 1.53 bits per heavy atom. The van der Waals surface area contributed by atoms with Gasteiger partial charge in [0, 0.05) is 0 Å². The Morgan fingerprint density at radius 1 is 1.05 bits per heavy atom. The molecular weight excluding hydrogens is 260 g/mol. The summed E-state index contributed by atoms with van der Waals surface area (Å²) in [6.07, 6.45) is -1.72. The summed E-state index contributed by atoms with van der Waals surface area (Å²) in [7, 11) is 0. The Morgan fingerprint density at radius 3 is 1.79 bits per heavy atom. The summed E-state index contributed by atoms with van der Waals surface area (Å²) < 4.78 is 4.44. The van der Waals surface area contributed by atoms with Crippen LogP contribution in [0.5, 0.6) is 0 Å². The molecule has 8 heteroatoms. The predicted octanol–water partition coefficient (Wildman–Crippen LogP) is -1.09. The molecule has 0 aliphatic rings. The predicted molar refractivity (Wildman–Crippen MR) is 62.3 cm³/mol. The van der Waals surface area contributed by atoms with Gasteiger partial charge in [0.2, 0.25) is 0 Å². The number of hydrogen-bond donors (Lipinski definition) is 3. The number of esters is 1. The first-order chi connectivity index (χ1) is 8.68. The number of aliphatic hydroxyl groups is 2. The van der Waals surface area contributed by atoms with E-state index in [2.05, 4.69) is 4.74 Å². The number of rotatable bonds is 7. The van der Waals surface area contributed by atoms with Gasteiger partial charge in [0.15, 0.2) is 0 Å². The number of Topliss-reactive ketones (excluding diaryl/α,β-unsaturated/α-hetero) is 2. The quantitative estimate of drug-likeness (QED) is 0.394. The molecule has 0 aromatic heterocycles. The fraction of sp³-hybridized carbons (Fsp3) is 0.636. The number of carbonyl (C=O) groups excluding carboxylic acids is 3. The van der Waals surface area contributed by atoms with E-state index >= 15 is 0 Å². The Hall–Kier alpha value is -1.80. The van der Waals surface area contributed by atoms with Gasteiger partial charge >= 0.3 is 11.9 Å². The van der Waals surface area contributed by atoms with Crippen LogP contribution < -0.4 is 0 Å². The molecular formula is C11H18O8. The highest BCUT2D eigenvalue weighted by atomic mass is 16.5. The minimum absolute atomic E-state index is 0.275. The van der Waals surface area contributed by atoms with Crippen molar-refractivity contribution < 1.29 is 39.2 Å². The summed E-state index contributed by atoms with van der Waals surface area (Å²) in [6, 6.07) is 0. The molecule has 3 N–H and O–H groups in total. The monoisotopic (exact) mass is 278 g/mol. The SMILES string of the molecule is CC(=O)CC(=O)O.CC(=O)CC(=O)OCC(O)CO. The Labute approximate surface area is 110 Å². The van der Waals surface area contributed by atoms with E-state index in [0.29, 0.717) is 0 Å². The van der Waals surface area contributed by atoms with Crippen LogP contribution in [0, 0.1) is 0 Å².